The summed E-state index contributed by atoms with van der Waals surface area (Å²) in [6.07, 6.45) is 0. The van der Waals surface area contributed by atoms with E-state index in [1.165, 1.54) is 0 Å². The maximum absolute atomic E-state index is 10.7. The number of halogens is 1. The van der Waals surface area contributed by atoms with Gasteiger partial charge in [-0.15, -0.1) is 0 Å². The van der Waals surface area contributed by atoms with Gasteiger partial charge in [-0.25, -0.2) is 0 Å². The van der Waals surface area contributed by atoms with Gasteiger partial charge in [0.2, 0.25) is 5.75 Å². The largest absolute Gasteiger partial charge is 0.449 e. The Morgan fingerprint density at radius 1 is 1.38 bits per heavy atom. The van der Waals surface area contributed by atoms with Crippen molar-refractivity contribution in [2.45, 2.75) is 0 Å². The van der Waals surface area contributed by atoms with Crippen LogP contribution in [0.2, 0.25) is 0 Å². The molecule has 6 heteroatoms. The third kappa shape index (κ3) is 2.50. The summed E-state index contributed by atoms with van der Waals surface area (Å²) in [6, 6.07) is 8.96. The molecule has 1 aromatic carbocycles. The minimum absolute atomic E-state index is 0.0267. The van der Waals surface area contributed by atoms with E-state index in [-0.39, 0.29) is 10.8 Å². The second-order valence-corrected chi connectivity index (χ2v) is 5.05. The summed E-state index contributed by atoms with van der Waals surface area (Å²) in [5.74, 6) is 0.894. The topological polar surface area (TPSA) is 52.4 Å². The summed E-state index contributed by atoms with van der Waals surface area (Å²) in [4.78, 5) is 10.2. The van der Waals surface area contributed by atoms with Gasteiger partial charge >= 0.3 is 5.00 Å². The molecule has 0 spiro atoms. The number of ether oxygens (including phenoxy) is 1. The zero-order valence-electron chi connectivity index (χ0n) is 7.92. The number of thiophene rings is 1. The minimum atomic E-state index is -0.437. The molecule has 0 saturated heterocycles. The van der Waals surface area contributed by atoms with E-state index in [4.69, 9.17) is 4.74 Å². The number of benzene rings is 1. The van der Waals surface area contributed by atoms with Crippen molar-refractivity contribution in [2.75, 3.05) is 0 Å². The van der Waals surface area contributed by atoms with E-state index in [9.17, 15) is 10.1 Å². The number of hydrogen-bond donors (Lipinski definition) is 0. The third-order valence-corrected chi connectivity index (χ3v) is 3.32. The van der Waals surface area contributed by atoms with E-state index in [0.29, 0.717) is 5.75 Å². The van der Waals surface area contributed by atoms with Crippen molar-refractivity contribution >= 4 is 38.9 Å². The van der Waals surface area contributed by atoms with Crippen molar-refractivity contribution in [3.63, 3.8) is 0 Å². The molecule has 0 amide bonds. The summed E-state index contributed by atoms with van der Waals surface area (Å²) in [6.45, 7) is 0. The molecule has 0 aliphatic heterocycles. The van der Waals surface area contributed by atoms with Gasteiger partial charge in [0.05, 0.1) is 4.92 Å². The number of rotatable bonds is 3. The normalized spacial score (nSPS) is 10.1. The Labute approximate surface area is 109 Å². The highest BCUT2D eigenvalue weighted by atomic mass is 127. The van der Waals surface area contributed by atoms with E-state index < -0.39 is 4.92 Å². The highest BCUT2D eigenvalue weighted by Crippen LogP contribution is 2.36. The summed E-state index contributed by atoms with van der Waals surface area (Å²) < 4.78 is 6.48. The van der Waals surface area contributed by atoms with E-state index >= 15 is 0 Å². The Morgan fingerprint density at radius 2 is 2.19 bits per heavy atom. The average molecular weight is 347 g/mol. The van der Waals surface area contributed by atoms with Crippen LogP contribution in [0.25, 0.3) is 0 Å². The molecule has 0 unspecified atom stereocenters. The van der Waals surface area contributed by atoms with Gasteiger partial charge in [0.15, 0.2) is 0 Å². The molecular weight excluding hydrogens is 341 g/mol. The SMILES string of the molecule is O=[N+]([O-])c1sccc1Oc1cccc(I)c1. The first-order valence-corrected chi connectivity index (χ1v) is 6.28. The van der Waals surface area contributed by atoms with Gasteiger partial charge in [0, 0.05) is 8.95 Å². The lowest BCUT2D eigenvalue weighted by molar-refractivity contribution is -0.380. The Balaban J connectivity index is 2.27. The zero-order chi connectivity index (χ0) is 11.5. The molecule has 0 radical (unpaired) electrons. The van der Waals surface area contributed by atoms with Gasteiger partial charge < -0.3 is 4.74 Å². The molecule has 0 fully saturated rings. The van der Waals surface area contributed by atoms with Crippen LogP contribution in [0.3, 0.4) is 0 Å². The van der Waals surface area contributed by atoms with E-state index in [1.807, 2.05) is 18.2 Å². The van der Waals surface area contributed by atoms with Crippen LogP contribution in [0.5, 0.6) is 11.5 Å². The monoisotopic (exact) mass is 347 g/mol. The second-order valence-electron chi connectivity index (χ2n) is 2.91. The fraction of sp³-hybridized carbons (Fsp3) is 0. The van der Waals surface area contributed by atoms with Crippen LogP contribution in [-0.2, 0) is 0 Å². The third-order valence-electron chi connectivity index (χ3n) is 1.80. The molecule has 0 atom stereocenters. The summed E-state index contributed by atoms with van der Waals surface area (Å²) in [5, 5.41) is 12.3. The highest BCUT2D eigenvalue weighted by molar-refractivity contribution is 14.1. The second kappa shape index (κ2) is 4.79. The van der Waals surface area contributed by atoms with Gasteiger partial charge in [-0.3, -0.25) is 10.1 Å². The molecule has 1 aromatic heterocycles. The molecule has 0 saturated carbocycles. The van der Waals surface area contributed by atoms with Crippen molar-refractivity contribution in [3.05, 3.63) is 49.4 Å². The molecule has 0 bridgehead atoms. The molecule has 82 valence electrons. The first-order chi connectivity index (χ1) is 7.66. The van der Waals surface area contributed by atoms with Gasteiger partial charge in [0.1, 0.15) is 5.75 Å². The van der Waals surface area contributed by atoms with Gasteiger partial charge in [-0.1, -0.05) is 17.4 Å². The van der Waals surface area contributed by atoms with E-state index in [2.05, 4.69) is 22.6 Å². The molecule has 0 aliphatic rings. The Kier molecular flexibility index (Phi) is 3.39. The maximum atomic E-state index is 10.7. The predicted molar refractivity (Wildman–Crippen MR) is 70.2 cm³/mol. The van der Waals surface area contributed by atoms with Crippen molar-refractivity contribution in [3.8, 4) is 11.5 Å². The quantitative estimate of drug-likeness (QED) is 0.478. The Hall–Kier alpha value is -1.15. The minimum Gasteiger partial charge on any atom is -0.449 e. The first-order valence-electron chi connectivity index (χ1n) is 4.32. The highest BCUT2D eigenvalue weighted by Gasteiger charge is 2.17. The van der Waals surface area contributed by atoms with Crippen LogP contribution in [0.15, 0.2) is 35.7 Å². The lowest BCUT2D eigenvalue weighted by Gasteiger charge is -2.02. The number of hydrogen-bond acceptors (Lipinski definition) is 4. The average Bonchev–Trinajstić information content (AvgIpc) is 2.66. The van der Waals surface area contributed by atoms with Crippen molar-refractivity contribution < 1.29 is 9.66 Å². The van der Waals surface area contributed by atoms with Gasteiger partial charge in [-0.2, -0.15) is 0 Å². The maximum Gasteiger partial charge on any atom is 0.366 e. The number of nitrogens with zero attached hydrogens (tertiary/aromatic N) is 1. The van der Waals surface area contributed by atoms with E-state index in [0.717, 1.165) is 14.9 Å². The number of nitro groups is 1. The smallest absolute Gasteiger partial charge is 0.366 e. The van der Waals surface area contributed by atoms with Gasteiger partial charge in [0.25, 0.3) is 0 Å². The van der Waals surface area contributed by atoms with Crippen molar-refractivity contribution in [2.24, 2.45) is 0 Å². The lowest BCUT2D eigenvalue weighted by atomic mass is 10.3. The van der Waals surface area contributed by atoms with Crippen LogP contribution in [-0.4, -0.2) is 4.92 Å². The van der Waals surface area contributed by atoms with E-state index in [1.54, 1.807) is 17.5 Å². The fourth-order valence-corrected chi connectivity index (χ4v) is 2.30. The van der Waals surface area contributed by atoms with Crippen LogP contribution >= 0.6 is 33.9 Å². The molecule has 2 aromatic rings. The summed E-state index contributed by atoms with van der Waals surface area (Å²) in [7, 11) is 0. The zero-order valence-corrected chi connectivity index (χ0v) is 10.9. The Bertz CT molecular complexity index is 526. The van der Waals surface area contributed by atoms with Gasteiger partial charge in [-0.05, 0) is 46.9 Å². The molecule has 2 rings (SSSR count). The molecule has 0 aliphatic carbocycles. The fourth-order valence-electron chi connectivity index (χ4n) is 1.16. The summed E-state index contributed by atoms with van der Waals surface area (Å²) in [5.41, 5.74) is 0. The standard InChI is InChI=1S/C10H6INO3S/c11-7-2-1-3-8(6-7)15-9-4-5-16-10(9)12(13)14/h1-6H. The molecular formula is C10H6INO3S. The molecule has 4 nitrogen and oxygen atoms in total. The lowest BCUT2D eigenvalue weighted by Crippen LogP contribution is -1.89. The summed E-state index contributed by atoms with van der Waals surface area (Å²) >= 11 is 3.21. The molecule has 1 heterocycles. The van der Waals surface area contributed by atoms with Crippen molar-refractivity contribution in [1.29, 1.82) is 0 Å². The van der Waals surface area contributed by atoms with Crippen LogP contribution < -0.4 is 4.74 Å². The predicted octanol–water partition coefficient (Wildman–Crippen LogP) is 4.05. The first kappa shape index (κ1) is 11.3. The molecule has 0 N–H and O–H groups in total. The van der Waals surface area contributed by atoms with Crippen LogP contribution in [0, 0.1) is 13.7 Å². The van der Waals surface area contributed by atoms with Crippen LogP contribution in [0.1, 0.15) is 0 Å². The Morgan fingerprint density at radius 3 is 2.88 bits per heavy atom. The van der Waals surface area contributed by atoms with Crippen molar-refractivity contribution in [1.82, 2.24) is 0 Å². The van der Waals surface area contributed by atoms with Crippen LogP contribution in [0.4, 0.5) is 5.00 Å². The molecule has 16 heavy (non-hydrogen) atoms.